The van der Waals surface area contributed by atoms with Crippen molar-refractivity contribution in [3.05, 3.63) is 41.2 Å². The van der Waals surface area contributed by atoms with Crippen molar-refractivity contribution in [3.8, 4) is 0 Å². The van der Waals surface area contributed by atoms with Gasteiger partial charge in [0.05, 0.1) is 29.1 Å². The minimum Gasteiger partial charge on any atom is -0.339 e. The van der Waals surface area contributed by atoms with E-state index < -0.39 is 0 Å². The Morgan fingerprint density at radius 1 is 1.00 bits per heavy atom. The number of carbonyl (C=O) groups excluding carboxylic acids is 2. The number of hydrogen-bond donors (Lipinski definition) is 0. The SMILES string of the molecule is Cc1nc([C@@H]2CCCCN2C(=O)c2cnn(C)c2)ncc1C(=O)N1CCCCC1. The third-order valence-electron chi connectivity index (χ3n) is 5.89. The molecule has 0 radical (unpaired) electrons. The predicted octanol–water partition coefficient (Wildman–Crippen LogP) is 2.51. The third-order valence-corrected chi connectivity index (χ3v) is 5.89. The van der Waals surface area contributed by atoms with E-state index in [1.54, 1.807) is 30.3 Å². The molecule has 2 amide bonds. The first-order valence-electron chi connectivity index (χ1n) is 10.5. The average molecular weight is 396 g/mol. The third kappa shape index (κ3) is 4.02. The maximum Gasteiger partial charge on any atom is 0.257 e. The van der Waals surface area contributed by atoms with Gasteiger partial charge in [-0.2, -0.15) is 5.10 Å². The van der Waals surface area contributed by atoms with Gasteiger partial charge >= 0.3 is 0 Å². The molecule has 0 saturated carbocycles. The van der Waals surface area contributed by atoms with Crippen LogP contribution in [0.25, 0.3) is 0 Å². The van der Waals surface area contributed by atoms with E-state index in [1.807, 2.05) is 16.7 Å². The maximum absolute atomic E-state index is 13.0. The number of piperidine rings is 2. The number of aromatic nitrogens is 4. The van der Waals surface area contributed by atoms with Gasteiger partial charge in [-0.3, -0.25) is 14.3 Å². The molecule has 0 unspecified atom stereocenters. The van der Waals surface area contributed by atoms with Crippen LogP contribution in [0.5, 0.6) is 0 Å². The Kier molecular flexibility index (Phi) is 5.60. The summed E-state index contributed by atoms with van der Waals surface area (Å²) in [6.07, 6.45) is 11.1. The van der Waals surface area contributed by atoms with Crippen LogP contribution in [0.3, 0.4) is 0 Å². The van der Waals surface area contributed by atoms with Crippen molar-refractivity contribution in [1.82, 2.24) is 29.5 Å². The number of nitrogens with zero attached hydrogens (tertiary/aromatic N) is 6. The molecule has 29 heavy (non-hydrogen) atoms. The van der Waals surface area contributed by atoms with E-state index in [0.29, 0.717) is 29.2 Å². The topological polar surface area (TPSA) is 84.2 Å². The summed E-state index contributed by atoms with van der Waals surface area (Å²) in [7, 11) is 1.80. The van der Waals surface area contributed by atoms with E-state index in [4.69, 9.17) is 0 Å². The normalized spacial score (nSPS) is 20.0. The van der Waals surface area contributed by atoms with Crippen LogP contribution in [0.1, 0.15) is 76.8 Å². The summed E-state index contributed by atoms with van der Waals surface area (Å²) in [6.45, 7) is 4.14. The fourth-order valence-electron chi connectivity index (χ4n) is 4.26. The van der Waals surface area contributed by atoms with Gasteiger partial charge in [0.2, 0.25) is 0 Å². The van der Waals surface area contributed by atoms with Crippen LogP contribution in [0.2, 0.25) is 0 Å². The molecule has 2 aromatic heterocycles. The molecule has 2 saturated heterocycles. The van der Waals surface area contributed by atoms with Crippen LogP contribution in [0.4, 0.5) is 0 Å². The van der Waals surface area contributed by atoms with Crippen LogP contribution >= 0.6 is 0 Å². The molecule has 2 aliphatic heterocycles. The molecule has 0 bridgehead atoms. The van der Waals surface area contributed by atoms with Crippen LogP contribution in [-0.2, 0) is 7.05 Å². The van der Waals surface area contributed by atoms with Gasteiger partial charge in [-0.25, -0.2) is 9.97 Å². The Morgan fingerprint density at radius 3 is 2.45 bits per heavy atom. The van der Waals surface area contributed by atoms with E-state index in [1.165, 1.54) is 6.42 Å². The summed E-state index contributed by atoms with van der Waals surface area (Å²) >= 11 is 0. The summed E-state index contributed by atoms with van der Waals surface area (Å²) < 4.78 is 1.63. The van der Waals surface area contributed by atoms with Crippen molar-refractivity contribution in [2.24, 2.45) is 7.05 Å². The van der Waals surface area contributed by atoms with Gasteiger partial charge in [0.1, 0.15) is 0 Å². The zero-order valence-corrected chi connectivity index (χ0v) is 17.2. The first kappa shape index (κ1) is 19.5. The van der Waals surface area contributed by atoms with Gasteiger partial charge in [0.15, 0.2) is 5.82 Å². The maximum atomic E-state index is 13.0. The Hall–Kier alpha value is -2.77. The molecule has 0 aromatic carbocycles. The van der Waals surface area contributed by atoms with E-state index in [-0.39, 0.29) is 17.9 Å². The first-order valence-corrected chi connectivity index (χ1v) is 10.5. The van der Waals surface area contributed by atoms with E-state index in [0.717, 1.165) is 45.2 Å². The van der Waals surface area contributed by atoms with Gasteiger partial charge < -0.3 is 9.80 Å². The smallest absolute Gasteiger partial charge is 0.257 e. The Bertz CT molecular complexity index is 902. The zero-order chi connectivity index (χ0) is 20.4. The molecule has 1 atom stereocenters. The molecular formula is C21H28N6O2. The lowest BCUT2D eigenvalue weighted by molar-refractivity contribution is 0.0597. The first-order chi connectivity index (χ1) is 14.0. The predicted molar refractivity (Wildman–Crippen MR) is 107 cm³/mol. The van der Waals surface area contributed by atoms with Gasteiger partial charge in [0.25, 0.3) is 11.8 Å². The van der Waals surface area contributed by atoms with Crippen molar-refractivity contribution in [3.63, 3.8) is 0 Å². The molecule has 8 nitrogen and oxygen atoms in total. The molecule has 0 spiro atoms. The lowest BCUT2D eigenvalue weighted by Crippen LogP contribution is -2.39. The van der Waals surface area contributed by atoms with Crippen LogP contribution < -0.4 is 0 Å². The summed E-state index contributed by atoms with van der Waals surface area (Å²) in [5, 5.41) is 4.12. The van der Waals surface area contributed by atoms with Crippen LogP contribution in [0.15, 0.2) is 18.6 Å². The lowest BCUT2D eigenvalue weighted by atomic mass is 10.00. The summed E-state index contributed by atoms with van der Waals surface area (Å²) in [5.74, 6) is 0.591. The Balaban J connectivity index is 1.56. The largest absolute Gasteiger partial charge is 0.339 e. The molecule has 4 heterocycles. The molecule has 4 rings (SSSR count). The number of rotatable bonds is 3. The zero-order valence-electron chi connectivity index (χ0n) is 17.2. The van der Waals surface area contributed by atoms with Gasteiger partial charge in [-0.1, -0.05) is 0 Å². The molecule has 0 N–H and O–H groups in total. The lowest BCUT2D eigenvalue weighted by Gasteiger charge is -2.34. The molecular weight excluding hydrogens is 368 g/mol. The summed E-state index contributed by atoms with van der Waals surface area (Å²) in [5.41, 5.74) is 1.83. The van der Waals surface area contributed by atoms with Gasteiger partial charge in [-0.15, -0.1) is 0 Å². The molecule has 0 aliphatic carbocycles. The number of carbonyl (C=O) groups is 2. The monoisotopic (exact) mass is 396 g/mol. The van der Waals surface area contributed by atoms with Crippen LogP contribution in [0, 0.1) is 6.92 Å². The second-order valence-electron chi connectivity index (χ2n) is 7.99. The van der Waals surface area contributed by atoms with E-state index in [2.05, 4.69) is 15.1 Å². The highest BCUT2D eigenvalue weighted by Crippen LogP contribution is 2.30. The second kappa shape index (κ2) is 8.31. The molecule has 154 valence electrons. The number of aryl methyl sites for hydroxylation is 2. The second-order valence-corrected chi connectivity index (χ2v) is 7.99. The average Bonchev–Trinajstić information content (AvgIpc) is 3.19. The standard InChI is InChI=1S/C21H28N6O2/c1-15-17(21(29)26-9-5-3-6-10-26)13-22-19(24-15)18-8-4-7-11-27(18)20(28)16-12-23-25(2)14-16/h12-14,18H,3-11H2,1-2H3/t18-/m0/s1. The Morgan fingerprint density at radius 2 is 1.76 bits per heavy atom. The Labute approximate surface area is 170 Å². The minimum atomic E-state index is -0.172. The van der Waals surface area contributed by atoms with Crippen molar-refractivity contribution in [2.45, 2.75) is 51.5 Å². The van der Waals surface area contributed by atoms with Crippen LogP contribution in [-0.4, -0.2) is 61.0 Å². The minimum absolute atomic E-state index is 0.0145. The quantitative estimate of drug-likeness (QED) is 0.796. The molecule has 2 fully saturated rings. The fraction of sp³-hybridized carbons (Fsp3) is 0.571. The van der Waals surface area contributed by atoms with E-state index >= 15 is 0 Å². The molecule has 2 aromatic rings. The summed E-state index contributed by atoms with van der Waals surface area (Å²) in [4.78, 5) is 38.8. The van der Waals surface area contributed by atoms with Crippen molar-refractivity contribution in [2.75, 3.05) is 19.6 Å². The highest BCUT2D eigenvalue weighted by molar-refractivity contribution is 5.95. The highest BCUT2D eigenvalue weighted by atomic mass is 16.2. The van der Waals surface area contributed by atoms with E-state index in [9.17, 15) is 9.59 Å². The number of hydrogen-bond acceptors (Lipinski definition) is 5. The van der Waals surface area contributed by atoms with Crippen molar-refractivity contribution in [1.29, 1.82) is 0 Å². The van der Waals surface area contributed by atoms with Crippen molar-refractivity contribution >= 4 is 11.8 Å². The van der Waals surface area contributed by atoms with Gasteiger partial charge in [-0.05, 0) is 45.4 Å². The fourth-order valence-corrected chi connectivity index (χ4v) is 4.26. The van der Waals surface area contributed by atoms with Crippen molar-refractivity contribution < 1.29 is 9.59 Å². The van der Waals surface area contributed by atoms with Gasteiger partial charge in [0, 0.05) is 39.1 Å². The highest BCUT2D eigenvalue weighted by Gasteiger charge is 2.32. The number of likely N-dealkylation sites (tertiary alicyclic amines) is 2. The molecule has 8 heteroatoms. The molecule has 2 aliphatic rings. The summed E-state index contributed by atoms with van der Waals surface area (Å²) in [6, 6.07) is -0.172. The number of amides is 2.